The van der Waals surface area contributed by atoms with Crippen molar-refractivity contribution in [2.45, 2.75) is 32.8 Å². The summed E-state index contributed by atoms with van der Waals surface area (Å²) >= 11 is 0. The summed E-state index contributed by atoms with van der Waals surface area (Å²) < 4.78 is 5.71. The van der Waals surface area contributed by atoms with E-state index in [0.29, 0.717) is 39.3 Å². The third-order valence-electron chi connectivity index (χ3n) is 4.40. The zero-order chi connectivity index (χ0) is 16.3. The van der Waals surface area contributed by atoms with E-state index in [-0.39, 0.29) is 24.3 Å². The summed E-state index contributed by atoms with van der Waals surface area (Å²) in [5.41, 5.74) is -0.991. The molecule has 22 heavy (non-hydrogen) atoms. The average molecular weight is 311 g/mol. The summed E-state index contributed by atoms with van der Waals surface area (Å²) in [4.78, 5) is 41.0. The molecule has 0 bridgehead atoms. The number of nitrogens with zero attached hydrogens (tertiary/aromatic N) is 3. The second-order valence-corrected chi connectivity index (χ2v) is 6.17. The molecule has 124 valence electrons. The third-order valence-corrected chi connectivity index (χ3v) is 4.40. The molecule has 1 atom stereocenters. The molecule has 7 heteroatoms. The van der Waals surface area contributed by atoms with E-state index in [0.717, 1.165) is 6.42 Å². The van der Waals surface area contributed by atoms with E-state index in [1.165, 1.54) is 6.92 Å². The number of amides is 3. The van der Waals surface area contributed by atoms with Crippen molar-refractivity contribution in [1.82, 2.24) is 14.7 Å². The maximum absolute atomic E-state index is 12.8. The van der Waals surface area contributed by atoms with Gasteiger partial charge in [0.05, 0.1) is 13.2 Å². The Labute approximate surface area is 131 Å². The Hall–Kier alpha value is -1.63. The summed E-state index contributed by atoms with van der Waals surface area (Å²) in [6.45, 7) is 8.33. The van der Waals surface area contributed by atoms with Gasteiger partial charge in [-0.1, -0.05) is 0 Å². The highest BCUT2D eigenvalue weighted by molar-refractivity contribution is 5.86. The number of morpholine rings is 1. The van der Waals surface area contributed by atoms with Gasteiger partial charge in [-0.05, 0) is 13.3 Å². The molecule has 7 nitrogen and oxygen atoms in total. The minimum Gasteiger partial charge on any atom is -0.362 e. The van der Waals surface area contributed by atoms with Gasteiger partial charge in [0, 0.05) is 46.6 Å². The van der Waals surface area contributed by atoms with Gasteiger partial charge in [0.1, 0.15) is 0 Å². The lowest BCUT2D eigenvalue weighted by atomic mass is 10.0. The minimum absolute atomic E-state index is 0.0391. The van der Waals surface area contributed by atoms with Crippen molar-refractivity contribution in [3.63, 3.8) is 0 Å². The fraction of sp³-hybridized carbons (Fsp3) is 0.800. The van der Waals surface area contributed by atoms with Gasteiger partial charge in [-0.15, -0.1) is 0 Å². The largest absolute Gasteiger partial charge is 0.362 e. The number of hydrogen-bond donors (Lipinski definition) is 0. The molecule has 0 aromatic rings. The van der Waals surface area contributed by atoms with Crippen LogP contribution in [0.2, 0.25) is 0 Å². The van der Waals surface area contributed by atoms with Gasteiger partial charge >= 0.3 is 0 Å². The lowest BCUT2D eigenvalue weighted by molar-refractivity contribution is -0.170. The Morgan fingerprint density at radius 2 is 1.45 bits per heavy atom. The van der Waals surface area contributed by atoms with Gasteiger partial charge in [-0.3, -0.25) is 14.4 Å². The van der Waals surface area contributed by atoms with Crippen LogP contribution in [0, 0.1) is 0 Å². The Balaban J connectivity index is 2.03. The van der Waals surface area contributed by atoms with Crippen molar-refractivity contribution in [2.24, 2.45) is 0 Å². The molecule has 2 aliphatic rings. The zero-order valence-corrected chi connectivity index (χ0v) is 13.6. The van der Waals surface area contributed by atoms with Crippen LogP contribution in [0.25, 0.3) is 0 Å². The number of carbonyl (C=O) groups excluding carboxylic acids is 3. The highest BCUT2D eigenvalue weighted by atomic mass is 16.5. The van der Waals surface area contributed by atoms with Crippen molar-refractivity contribution in [2.75, 3.05) is 45.9 Å². The van der Waals surface area contributed by atoms with E-state index in [1.807, 2.05) is 0 Å². The van der Waals surface area contributed by atoms with Gasteiger partial charge in [0.25, 0.3) is 5.91 Å². The van der Waals surface area contributed by atoms with Crippen LogP contribution >= 0.6 is 0 Å². The molecular formula is C15H25N3O4. The fourth-order valence-corrected chi connectivity index (χ4v) is 3.04. The summed E-state index contributed by atoms with van der Waals surface area (Å²) in [5, 5.41) is 0. The van der Waals surface area contributed by atoms with Crippen LogP contribution in [0.3, 0.4) is 0 Å². The molecule has 0 N–H and O–H groups in total. The van der Waals surface area contributed by atoms with Crippen LogP contribution in [0.15, 0.2) is 0 Å². The van der Waals surface area contributed by atoms with Gasteiger partial charge < -0.3 is 19.4 Å². The van der Waals surface area contributed by atoms with Crippen LogP contribution in [-0.4, -0.2) is 83.9 Å². The first-order chi connectivity index (χ1) is 10.3. The number of rotatable bonds is 1. The van der Waals surface area contributed by atoms with E-state index in [1.54, 1.807) is 28.5 Å². The second kappa shape index (κ2) is 6.64. The smallest absolute Gasteiger partial charge is 0.256 e. The van der Waals surface area contributed by atoms with Crippen molar-refractivity contribution >= 4 is 17.7 Å². The van der Waals surface area contributed by atoms with Crippen LogP contribution in [0.5, 0.6) is 0 Å². The Morgan fingerprint density at radius 3 is 2.09 bits per heavy atom. The molecule has 2 aliphatic heterocycles. The summed E-state index contributed by atoms with van der Waals surface area (Å²) in [5.74, 6) is -0.0954. The Bertz CT molecular complexity index is 468. The van der Waals surface area contributed by atoms with E-state index in [4.69, 9.17) is 4.74 Å². The van der Waals surface area contributed by atoms with E-state index < -0.39 is 5.60 Å². The quantitative estimate of drug-likeness (QED) is 0.667. The maximum atomic E-state index is 12.8. The molecule has 0 spiro atoms. The molecule has 0 aromatic carbocycles. The maximum Gasteiger partial charge on any atom is 0.256 e. The van der Waals surface area contributed by atoms with E-state index in [2.05, 4.69) is 0 Å². The highest BCUT2D eigenvalue weighted by Gasteiger charge is 2.42. The van der Waals surface area contributed by atoms with Crippen LogP contribution in [0.4, 0.5) is 0 Å². The standard InChI is InChI=1S/C15H25N3O4/c1-12(19)16-5-4-6-17(8-7-16)14(21)15(3)11-18(13(2)20)9-10-22-15/h4-11H2,1-3H3/t15-/m0/s1. The topological polar surface area (TPSA) is 70.2 Å². The number of carbonyl (C=O) groups is 3. The molecule has 0 radical (unpaired) electrons. The monoisotopic (exact) mass is 311 g/mol. The molecule has 2 heterocycles. The van der Waals surface area contributed by atoms with Crippen molar-refractivity contribution < 1.29 is 19.1 Å². The lowest BCUT2D eigenvalue weighted by Gasteiger charge is -2.41. The van der Waals surface area contributed by atoms with E-state index >= 15 is 0 Å². The van der Waals surface area contributed by atoms with Crippen LogP contribution in [-0.2, 0) is 19.1 Å². The summed E-state index contributed by atoms with van der Waals surface area (Å²) in [6.07, 6.45) is 0.762. The van der Waals surface area contributed by atoms with E-state index in [9.17, 15) is 14.4 Å². The Kier molecular flexibility index (Phi) is 5.05. The van der Waals surface area contributed by atoms with Crippen molar-refractivity contribution in [3.8, 4) is 0 Å². The highest BCUT2D eigenvalue weighted by Crippen LogP contribution is 2.21. The number of ether oxygens (including phenoxy) is 1. The molecule has 2 fully saturated rings. The minimum atomic E-state index is -0.991. The van der Waals surface area contributed by atoms with Crippen LogP contribution in [0.1, 0.15) is 27.2 Å². The molecule has 0 saturated carbocycles. The molecule has 0 aliphatic carbocycles. The molecule has 2 saturated heterocycles. The van der Waals surface area contributed by atoms with Gasteiger partial charge in [0.2, 0.25) is 11.8 Å². The molecular weight excluding hydrogens is 286 g/mol. The summed E-state index contributed by atoms with van der Waals surface area (Å²) in [7, 11) is 0. The van der Waals surface area contributed by atoms with Gasteiger partial charge in [0.15, 0.2) is 5.60 Å². The first-order valence-electron chi connectivity index (χ1n) is 7.78. The van der Waals surface area contributed by atoms with Gasteiger partial charge in [-0.25, -0.2) is 0 Å². The van der Waals surface area contributed by atoms with Crippen LogP contribution < -0.4 is 0 Å². The first-order valence-corrected chi connectivity index (χ1v) is 7.78. The average Bonchev–Trinajstić information content (AvgIpc) is 2.72. The predicted molar refractivity (Wildman–Crippen MR) is 80.1 cm³/mol. The van der Waals surface area contributed by atoms with Gasteiger partial charge in [-0.2, -0.15) is 0 Å². The molecule has 3 amide bonds. The first kappa shape index (κ1) is 16.7. The summed E-state index contributed by atoms with van der Waals surface area (Å²) in [6, 6.07) is 0. The predicted octanol–water partition coefficient (Wildman–Crippen LogP) is -0.295. The number of hydrogen-bond acceptors (Lipinski definition) is 4. The molecule has 0 aromatic heterocycles. The second-order valence-electron chi connectivity index (χ2n) is 6.17. The molecule has 0 unspecified atom stereocenters. The SMILES string of the molecule is CC(=O)N1CCCN(C(=O)[C@]2(C)CN(C(C)=O)CCO2)CC1. The zero-order valence-electron chi connectivity index (χ0n) is 13.6. The third kappa shape index (κ3) is 3.58. The molecule has 2 rings (SSSR count). The Morgan fingerprint density at radius 1 is 0.864 bits per heavy atom. The van der Waals surface area contributed by atoms with Crippen molar-refractivity contribution in [1.29, 1.82) is 0 Å². The lowest BCUT2D eigenvalue weighted by Crippen LogP contribution is -2.60. The normalized spacial score (nSPS) is 26.6. The van der Waals surface area contributed by atoms with Crippen molar-refractivity contribution in [3.05, 3.63) is 0 Å². The fourth-order valence-electron chi connectivity index (χ4n) is 3.04.